The predicted octanol–water partition coefficient (Wildman–Crippen LogP) is 2.96. The molecule has 8 heteroatoms. The van der Waals surface area contributed by atoms with E-state index in [2.05, 4.69) is 26.0 Å². The lowest BCUT2D eigenvalue weighted by Crippen LogP contribution is -2.11. The Morgan fingerprint density at radius 3 is 2.81 bits per heavy atom. The van der Waals surface area contributed by atoms with Crippen LogP contribution in [0.1, 0.15) is 37.2 Å². The van der Waals surface area contributed by atoms with Crippen LogP contribution in [0, 0.1) is 12.3 Å². The summed E-state index contributed by atoms with van der Waals surface area (Å²) < 4.78 is 7.54. The first-order valence-electron chi connectivity index (χ1n) is 10.1. The van der Waals surface area contributed by atoms with Crippen molar-refractivity contribution in [2.24, 2.45) is 0 Å². The average Bonchev–Trinajstić information content (AvgIpc) is 3.15. The Hall–Kier alpha value is -3.99. The number of H-pyrrole nitrogens is 1. The molecule has 4 aromatic rings. The van der Waals surface area contributed by atoms with Gasteiger partial charge < -0.3 is 9.72 Å². The molecule has 0 radical (unpaired) electrons. The van der Waals surface area contributed by atoms with Gasteiger partial charge in [-0.15, -0.1) is 6.42 Å². The van der Waals surface area contributed by atoms with Crippen molar-refractivity contribution in [2.45, 2.75) is 33.2 Å². The standard InChI is InChI=1S/C23H22N6O2/c1-4-11-31-23-17(12-15(5-2)13-25-23)21-26-19-18(6-3)29(28-20(19)22(30)27-21)14-16-9-7-8-10-24-16/h2,7-10,12-13H,4,6,11,14H2,1,3H3,(H,26,27,30). The Labute approximate surface area is 179 Å². The minimum Gasteiger partial charge on any atom is -0.477 e. The minimum absolute atomic E-state index is 0.286. The normalized spacial score (nSPS) is 10.9. The van der Waals surface area contributed by atoms with Crippen molar-refractivity contribution in [1.29, 1.82) is 0 Å². The maximum absolute atomic E-state index is 12.9. The number of hydrogen-bond donors (Lipinski definition) is 1. The Bertz CT molecular complexity index is 1320. The van der Waals surface area contributed by atoms with Crippen LogP contribution in [0.5, 0.6) is 5.88 Å². The zero-order chi connectivity index (χ0) is 21.8. The molecule has 156 valence electrons. The van der Waals surface area contributed by atoms with E-state index < -0.39 is 0 Å². The highest BCUT2D eigenvalue weighted by Gasteiger charge is 2.19. The predicted molar refractivity (Wildman–Crippen MR) is 118 cm³/mol. The third kappa shape index (κ3) is 4.03. The Balaban J connectivity index is 1.86. The number of rotatable bonds is 7. The summed E-state index contributed by atoms with van der Waals surface area (Å²) >= 11 is 0. The molecule has 4 heterocycles. The lowest BCUT2D eigenvalue weighted by Gasteiger charge is -2.10. The van der Waals surface area contributed by atoms with Gasteiger partial charge in [-0.05, 0) is 31.0 Å². The van der Waals surface area contributed by atoms with Crippen molar-refractivity contribution in [3.8, 4) is 29.6 Å². The molecule has 0 amide bonds. The van der Waals surface area contributed by atoms with E-state index in [0.29, 0.717) is 47.9 Å². The molecule has 0 saturated heterocycles. The Morgan fingerprint density at radius 2 is 2.10 bits per heavy atom. The van der Waals surface area contributed by atoms with Crippen molar-refractivity contribution < 1.29 is 4.74 Å². The van der Waals surface area contributed by atoms with Crippen molar-refractivity contribution in [2.75, 3.05) is 6.61 Å². The van der Waals surface area contributed by atoms with Gasteiger partial charge in [0.05, 0.1) is 30.1 Å². The molecule has 8 nitrogen and oxygen atoms in total. The van der Waals surface area contributed by atoms with E-state index in [-0.39, 0.29) is 11.1 Å². The SMILES string of the molecule is C#Cc1cnc(OCCC)c(-c2nc3c(CC)n(Cc4ccccn4)nc3c(=O)[nH]2)c1. The van der Waals surface area contributed by atoms with Gasteiger partial charge in [0.25, 0.3) is 5.56 Å². The maximum atomic E-state index is 12.9. The molecule has 0 aliphatic heterocycles. The second kappa shape index (κ2) is 8.79. The number of pyridine rings is 2. The number of hydrogen-bond acceptors (Lipinski definition) is 6. The highest BCUT2D eigenvalue weighted by Crippen LogP contribution is 2.27. The molecule has 0 atom stereocenters. The summed E-state index contributed by atoms with van der Waals surface area (Å²) in [4.78, 5) is 29.1. The van der Waals surface area contributed by atoms with E-state index in [9.17, 15) is 4.79 Å². The van der Waals surface area contributed by atoms with Gasteiger partial charge in [-0.1, -0.05) is 25.8 Å². The number of fused-ring (bicyclic) bond motifs is 1. The molecule has 0 aliphatic carbocycles. The molecule has 0 bridgehead atoms. The van der Waals surface area contributed by atoms with Crippen LogP contribution in [0.4, 0.5) is 0 Å². The maximum Gasteiger partial charge on any atom is 0.279 e. The third-order valence-electron chi connectivity index (χ3n) is 4.79. The highest BCUT2D eigenvalue weighted by atomic mass is 16.5. The molecule has 0 unspecified atom stereocenters. The van der Waals surface area contributed by atoms with Crippen molar-refractivity contribution in [3.05, 3.63) is 64.0 Å². The molecule has 31 heavy (non-hydrogen) atoms. The Kier molecular flexibility index (Phi) is 5.76. The van der Waals surface area contributed by atoms with Gasteiger partial charge in [-0.3, -0.25) is 14.5 Å². The zero-order valence-corrected chi connectivity index (χ0v) is 17.4. The number of aryl methyl sites for hydroxylation is 1. The fraction of sp³-hybridized carbons (Fsp3) is 0.261. The fourth-order valence-electron chi connectivity index (χ4n) is 3.33. The van der Waals surface area contributed by atoms with Gasteiger partial charge >= 0.3 is 0 Å². The molecule has 1 N–H and O–H groups in total. The van der Waals surface area contributed by atoms with Crippen LogP contribution >= 0.6 is 0 Å². The molecule has 0 aromatic carbocycles. The van der Waals surface area contributed by atoms with Crippen LogP contribution in [-0.2, 0) is 13.0 Å². The summed E-state index contributed by atoms with van der Waals surface area (Å²) in [6.45, 7) is 4.95. The van der Waals surface area contributed by atoms with Crippen LogP contribution in [0.2, 0.25) is 0 Å². The first-order chi connectivity index (χ1) is 15.1. The number of terminal acetylenes is 1. The van der Waals surface area contributed by atoms with Gasteiger partial charge in [0, 0.05) is 18.0 Å². The summed E-state index contributed by atoms with van der Waals surface area (Å²) in [5.41, 5.74) is 3.32. The van der Waals surface area contributed by atoms with E-state index in [1.807, 2.05) is 32.0 Å². The average molecular weight is 414 g/mol. The number of aromatic amines is 1. The van der Waals surface area contributed by atoms with Crippen molar-refractivity contribution >= 4 is 11.0 Å². The monoisotopic (exact) mass is 414 g/mol. The second-order valence-corrected chi connectivity index (χ2v) is 6.96. The number of nitrogens with one attached hydrogen (secondary N) is 1. The molecule has 0 aliphatic rings. The van der Waals surface area contributed by atoms with Gasteiger partial charge in [0.2, 0.25) is 5.88 Å². The van der Waals surface area contributed by atoms with Crippen LogP contribution < -0.4 is 10.3 Å². The van der Waals surface area contributed by atoms with E-state index in [1.54, 1.807) is 23.1 Å². The van der Waals surface area contributed by atoms with Crippen LogP contribution in [0.3, 0.4) is 0 Å². The summed E-state index contributed by atoms with van der Waals surface area (Å²) in [6.07, 6.45) is 10.3. The second-order valence-electron chi connectivity index (χ2n) is 6.96. The van der Waals surface area contributed by atoms with Crippen LogP contribution in [0.25, 0.3) is 22.4 Å². The van der Waals surface area contributed by atoms with Gasteiger partial charge in [-0.25, -0.2) is 9.97 Å². The zero-order valence-electron chi connectivity index (χ0n) is 17.4. The number of nitrogens with zero attached hydrogens (tertiary/aromatic N) is 5. The first-order valence-corrected chi connectivity index (χ1v) is 10.1. The summed E-state index contributed by atoms with van der Waals surface area (Å²) in [5, 5.41) is 4.51. The highest BCUT2D eigenvalue weighted by molar-refractivity contribution is 5.79. The molecular formula is C23H22N6O2. The van der Waals surface area contributed by atoms with Crippen molar-refractivity contribution in [1.82, 2.24) is 29.7 Å². The first kappa shape index (κ1) is 20.3. The van der Waals surface area contributed by atoms with Gasteiger partial charge in [-0.2, -0.15) is 5.10 Å². The third-order valence-corrected chi connectivity index (χ3v) is 4.79. The number of ether oxygens (including phenoxy) is 1. The summed E-state index contributed by atoms with van der Waals surface area (Å²) in [7, 11) is 0. The molecule has 4 aromatic heterocycles. The summed E-state index contributed by atoms with van der Waals surface area (Å²) in [5.74, 6) is 3.29. The van der Waals surface area contributed by atoms with E-state index >= 15 is 0 Å². The quantitative estimate of drug-likeness (QED) is 0.467. The number of aromatic nitrogens is 6. The molecule has 0 fully saturated rings. The molecular weight excluding hydrogens is 392 g/mol. The Morgan fingerprint density at radius 1 is 1.23 bits per heavy atom. The smallest absolute Gasteiger partial charge is 0.279 e. The lowest BCUT2D eigenvalue weighted by molar-refractivity contribution is 0.306. The van der Waals surface area contributed by atoms with Gasteiger partial charge in [0.1, 0.15) is 11.3 Å². The summed E-state index contributed by atoms with van der Waals surface area (Å²) in [6, 6.07) is 7.44. The van der Waals surface area contributed by atoms with Gasteiger partial charge in [0.15, 0.2) is 5.52 Å². The molecule has 4 rings (SSSR count). The molecule has 0 saturated carbocycles. The topological polar surface area (TPSA) is 98.6 Å². The fourth-order valence-corrected chi connectivity index (χ4v) is 3.33. The van der Waals surface area contributed by atoms with Crippen LogP contribution in [-0.4, -0.2) is 36.3 Å². The van der Waals surface area contributed by atoms with E-state index in [4.69, 9.17) is 16.1 Å². The lowest BCUT2D eigenvalue weighted by atomic mass is 10.2. The van der Waals surface area contributed by atoms with Crippen molar-refractivity contribution in [3.63, 3.8) is 0 Å². The minimum atomic E-state index is -0.331. The largest absolute Gasteiger partial charge is 0.477 e. The van der Waals surface area contributed by atoms with E-state index in [0.717, 1.165) is 17.8 Å². The van der Waals surface area contributed by atoms with E-state index in [1.165, 1.54) is 0 Å². The molecule has 0 spiro atoms. The van der Waals surface area contributed by atoms with Crippen LogP contribution in [0.15, 0.2) is 41.5 Å².